The summed E-state index contributed by atoms with van der Waals surface area (Å²) in [6.45, 7) is 1.15. The van der Waals surface area contributed by atoms with Crippen LogP contribution in [0.3, 0.4) is 0 Å². The molecule has 1 fully saturated rings. The van der Waals surface area contributed by atoms with E-state index in [4.69, 9.17) is 5.26 Å². The number of hydrogen-bond acceptors (Lipinski definition) is 4. The molecule has 0 radical (unpaired) electrons. The first-order valence-corrected chi connectivity index (χ1v) is 6.56. The monoisotopic (exact) mass is 266 g/mol. The smallest absolute Gasteiger partial charge is 0.230 e. The molecule has 1 N–H and O–H groups in total. The zero-order valence-corrected chi connectivity index (χ0v) is 10.9. The lowest BCUT2D eigenvalue weighted by Gasteiger charge is -2.10. The maximum absolute atomic E-state index is 12.1. The molecule has 1 aromatic carbocycles. The van der Waals surface area contributed by atoms with E-state index in [2.05, 4.69) is 16.5 Å². The minimum absolute atomic E-state index is 0.0643. The van der Waals surface area contributed by atoms with E-state index in [1.807, 2.05) is 30.3 Å². The van der Waals surface area contributed by atoms with Crippen molar-refractivity contribution < 1.29 is 4.79 Å². The van der Waals surface area contributed by atoms with E-state index >= 15 is 0 Å². The number of nitrogens with one attached hydrogen (secondary N) is 1. The first-order valence-electron chi connectivity index (χ1n) is 6.56. The highest BCUT2D eigenvalue weighted by Gasteiger charge is 2.27. The molecule has 100 valence electrons. The van der Waals surface area contributed by atoms with Crippen molar-refractivity contribution in [1.82, 2.24) is 9.88 Å². The van der Waals surface area contributed by atoms with Gasteiger partial charge in [0.1, 0.15) is 5.82 Å². The highest BCUT2D eigenvalue weighted by atomic mass is 16.2. The topological polar surface area (TPSA) is 69.0 Å². The Morgan fingerprint density at radius 1 is 1.40 bits per heavy atom. The van der Waals surface area contributed by atoms with Crippen molar-refractivity contribution in [2.45, 2.75) is 6.42 Å². The van der Waals surface area contributed by atoms with E-state index in [0.717, 1.165) is 10.8 Å². The molecular weight excluding hydrogens is 252 g/mol. The number of likely N-dealkylation sites (tertiary alicyclic amines) is 1. The van der Waals surface area contributed by atoms with Gasteiger partial charge in [0, 0.05) is 24.7 Å². The van der Waals surface area contributed by atoms with Crippen LogP contribution in [0.5, 0.6) is 0 Å². The Hall–Kier alpha value is -2.61. The number of rotatable bonds is 2. The first kappa shape index (κ1) is 12.4. The summed E-state index contributed by atoms with van der Waals surface area (Å²) in [6, 6.07) is 9.74. The van der Waals surface area contributed by atoms with Crippen LogP contribution in [-0.2, 0) is 4.79 Å². The van der Waals surface area contributed by atoms with Crippen molar-refractivity contribution >= 4 is 22.5 Å². The zero-order valence-electron chi connectivity index (χ0n) is 10.9. The molecule has 1 amide bonds. The Morgan fingerprint density at radius 2 is 2.20 bits per heavy atom. The number of aromatic nitrogens is 1. The number of nitriles is 1. The molecule has 0 saturated carbocycles. The molecule has 1 aromatic heterocycles. The third kappa shape index (κ3) is 2.41. The molecule has 2 heterocycles. The fraction of sp³-hybridized carbons (Fsp3) is 0.267. The SMILES string of the molecule is N#CN1CC[C@H](C(=O)Nc2cc3ccccc3cn2)C1. The number of pyridine rings is 1. The van der Waals surface area contributed by atoms with Crippen LogP contribution in [0.15, 0.2) is 36.5 Å². The highest BCUT2D eigenvalue weighted by molar-refractivity contribution is 5.94. The van der Waals surface area contributed by atoms with Crippen molar-refractivity contribution in [3.63, 3.8) is 0 Å². The van der Waals surface area contributed by atoms with Crippen molar-refractivity contribution in [3.8, 4) is 6.19 Å². The summed E-state index contributed by atoms with van der Waals surface area (Å²) in [5.74, 6) is 0.359. The molecular formula is C15H14N4O. The van der Waals surface area contributed by atoms with Gasteiger partial charge in [-0.3, -0.25) is 4.79 Å². The summed E-state index contributed by atoms with van der Waals surface area (Å²) in [6.07, 6.45) is 4.54. The number of carbonyl (C=O) groups excluding carboxylic acids is 1. The molecule has 5 nitrogen and oxygen atoms in total. The van der Waals surface area contributed by atoms with Crippen LogP contribution in [0, 0.1) is 17.4 Å². The number of fused-ring (bicyclic) bond motifs is 1. The second-order valence-corrected chi connectivity index (χ2v) is 4.94. The van der Waals surface area contributed by atoms with E-state index in [9.17, 15) is 4.79 Å². The number of anilines is 1. The number of hydrogen-bond donors (Lipinski definition) is 1. The van der Waals surface area contributed by atoms with Gasteiger partial charge in [-0.25, -0.2) is 4.98 Å². The Kier molecular flexibility index (Phi) is 3.21. The van der Waals surface area contributed by atoms with Crippen molar-refractivity contribution in [2.24, 2.45) is 5.92 Å². The molecule has 2 aromatic rings. The zero-order chi connectivity index (χ0) is 13.9. The molecule has 0 unspecified atom stereocenters. The molecule has 0 spiro atoms. The predicted octanol–water partition coefficient (Wildman–Crippen LogP) is 1.98. The van der Waals surface area contributed by atoms with Crippen LogP contribution in [0.2, 0.25) is 0 Å². The summed E-state index contributed by atoms with van der Waals surface area (Å²) >= 11 is 0. The Labute approximate surface area is 116 Å². The van der Waals surface area contributed by atoms with E-state index < -0.39 is 0 Å². The molecule has 0 aliphatic carbocycles. The minimum atomic E-state index is -0.136. The molecule has 20 heavy (non-hydrogen) atoms. The summed E-state index contributed by atoms with van der Waals surface area (Å²) in [5, 5.41) is 13.7. The van der Waals surface area contributed by atoms with Gasteiger partial charge in [0.05, 0.1) is 5.92 Å². The van der Waals surface area contributed by atoms with E-state index in [-0.39, 0.29) is 11.8 Å². The normalized spacial score (nSPS) is 17.9. The van der Waals surface area contributed by atoms with E-state index in [0.29, 0.717) is 25.3 Å². The maximum Gasteiger partial charge on any atom is 0.230 e. The second kappa shape index (κ2) is 5.17. The summed E-state index contributed by atoms with van der Waals surface area (Å²) in [4.78, 5) is 18.0. The average molecular weight is 266 g/mol. The van der Waals surface area contributed by atoms with Gasteiger partial charge in [0.25, 0.3) is 0 Å². The first-order chi connectivity index (χ1) is 9.76. The molecule has 5 heteroatoms. The second-order valence-electron chi connectivity index (χ2n) is 4.94. The quantitative estimate of drug-likeness (QED) is 0.844. The van der Waals surface area contributed by atoms with Crippen LogP contribution in [0.4, 0.5) is 5.82 Å². The lowest BCUT2D eigenvalue weighted by Crippen LogP contribution is -2.25. The number of benzene rings is 1. The molecule has 1 aliphatic rings. The molecule has 1 aliphatic heterocycles. The molecule has 1 atom stereocenters. The number of carbonyl (C=O) groups is 1. The average Bonchev–Trinajstić information content (AvgIpc) is 2.96. The summed E-state index contributed by atoms with van der Waals surface area (Å²) in [5.41, 5.74) is 0. The van der Waals surface area contributed by atoms with Gasteiger partial charge in [-0.2, -0.15) is 5.26 Å². The van der Waals surface area contributed by atoms with E-state index in [1.165, 1.54) is 0 Å². The highest BCUT2D eigenvalue weighted by Crippen LogP contribution is 2.19. The standard InChI is InChI=1S/C15H14N4O/c16-10-19-6-5-13(9-19)15(20)18-14-7-11-3-1-2-4-12(11)8-17-14/h1-4,7-8,13H,5-6,9H2,(H,17,18,20)/t13-/m0/s1. The van der Waals surface area contributed by atoms with Crippen molar-refractivity contribution in [2.75, 3.05) is 18.4 Å². The Morgan fingerprint density at radius 3 is 2.95 bits per heavy atom. The van der Waals surface area contributed by atoms with Crippen molar-refractivity contribution in [1.29, 1.82) is 5.26 Å². The fourth-order valence-corrected chi connectivity index (χ4v) is 2.45. The van der Waals surface area contributed by atoms with Gasteiger partial charge in [-0.1, -0.05) is 24.3 Å². The predicted molar refractivity (Wildman–Crippen MR) is 75.7 cm³/mol. The Bertz CT molecular complexity index is 692. The van der Waals surface area contributed by atoms with Crippen LogP contribution in [0.1, 0.15) is 6.42 Å². The molecule has 1 saturated heterocycles. The van der Waals surface area contributed by atoms with Gasteiger partial charge >= 0.3 is 0 Å². The van der Waals surface area contributed by atoms with Crippen LogP contribution < -0.4 is 5.32 Å². The lowest BCUT2D eigenvalue weighted by molar-refractivity contribution is -0.119. The summed E-state index contributed by atoms with van der Waals surface area (Å²) in [7, 11) is 0. The van der Waals surface area contributed by atoms with E-state index in [1.54, 1.807) is 11.1 Å². The Balaban J connectivity index is 1.73. The van der Waals surface area contributed by atoms with Crippen LogP contribution in [-0.4, -0.2) is 28.9 Å². The fourth-order valence-electron chi connectivity index (χ4n) is 2.45. The third-order valence-corrected chi connectivity index (χ3v) is 3.58. The van der Waals surface area contributed by atoms with Gasteiger partial charge in [-0.15, -0.1) is 0 Å². The largest absolute Gasteiger partial charge is 0.310 e. The van der Waals surface area contributed by atoms with Crippen LogP contribution >= 0.6 is 0 Å². The van der Waals surface area contributed by atoms with Gasteiger partial charge < -0.3 is 10.2 Å². The lowest BCUT2D eigenvalue weighted by atomic mass is 10.1. The minimum Gasteiger partial charge on any atom is -0.310 e. The number of nitrogens with zero attached hydrogens (tertiary/aromatic N) is 3. The maximum atomic E-state index is 12.1. The third-order valence-electron chi connectivity index (χ3n) is 3.58. The summed E-state index contributed by atoms with van der Waals surface area (Å²) < 4.78 is 0. The molecule has 3 rings (SSSR count). The number of amides is 1. The van der Waals surface area contributed by atoms with Gasteiger partial charge in [-0.05, 0) is 17.9 Å². The van der Waals surface area contributed by atoms with Gasteiger partial charge in [0.15, 0.2) is 6.19 Å². The van der Waals surface area contributed by atoms with Gasteiger partial charge in [0.2, 0.25) is 5.91 Å². The molecule has 0 bridgehead atoms. The van der Waals surface area contributed by atoms with Crippen LogP contribution in [0.25, 0.3) is 10.8 Å². The van der Waals surface area contributed by atoms with Crippen molar-refractivity contribution in [3.05, 3.63) is 36.5 Å².